The summed E-state index contributed by atoms with van der Waals surface area (Å²) in [7, 11) is 0. The van der Waals surface area contributed by atoms with E-state index in [9.17, 15) is 24.0 Å². The molecule has 0 saturated heterocycles. The molecule has 0 amide bonds. The van der Waals surface area contributed by atoms with Crippen LogP contribution in [-0.2, 0) is 44.6 Å². The fraction of sp³-hybridized carbons (Fsp3) is 0.500. The highest BCUT2D eigenvalue weighted by atomic mass is 16.6. The Morgan fingerprint density at radius 1 is 0.972 bits per heavy atom. The Labute approximate surface area is 209 Å². The molecule has 1 N–H and O–H groups in total. The van der Waals surface area contributed by atoms with Gasteiger partial charge in [0.25, 0.3) is 0 Å². The second-order valence-corrected chi connectivity index (χ2v) is 8.56. The van der Waals surface area contributed by atoms with Crippen LogP contribution in [0.5, 0.6) is 5.75 Å². The number of hydrogen-bond donors (Lipinski definition) is 1. The van der Waals surface area contributed by atoms with Gasteiger partial charge >= 0.3 is 29.8 Å². The van der Waals surface area contributed by atoms with Crippen LogP contribution in [0.25, 0.3) is 0 Å². The Hall–Kier alpha value is -3.69. The van der Waals surface area contributed by atoms with E-state index in [4.69, 9.17) is 24.1 Å². The van der Waals surface area contributed by atoms with Crippen LogP contribution >= 0.6 is 0 Å². The van der Waals surface area contributed by atoms with E-state index in [1.54, 1.807) is 31.2 Å². The van der Waals surface area contributed by atoms with E-state index in [0.717, 1.165) is 11.6 Å². The van der Waals surface area contributed by atoms with Crippen molar-refractivity contribution < 1.29 is 48.0 Å². The smallest absolute Gasteiger partial charge is 0.330 e. The maximum Gasteiger partial charge on any atom is 0.330 e. The summed E-state index contributed by atoms with van der Waals surface area (Å²) in [6, 6.07) is 6.83. The first-order chi connectivity index (χ1) is 17.2. The van der Waals surface area contributed by atoms with Gasteiger partial charge in [-0.3, -0.25) is 19.2 Å². The molecule has 1 aliphatic carbocycles. The van der Waals surface area contributed by atoms with Crippen LogP contribution in [0.4, 0.5) is 0 Å². The average Bonchev–Trinajstić information content (AvgIpc) is 2.87. The summed E-state index contributed by atoms with van der Waals surface area (Å²) < 4.78 is 20.4. The van der Waals surface area contributed by atoms with Gasteiger partial charge in [0.15, 0.2) is 0 Å². The van der Waals surface area contributed by atoms with Crippen LogP contribution < -0.4 is 4.74 Å². The molecule has 196 valence electrons. The zero-order valence-electron chi connectivity index (χ0n) is 20.3. The Kier molecular flexibility index (Phi) is 11.6. The minimum Gasteiger partial charge on any atom is -0.481 e. The maximum absolute atomic E-state index is 12.3. The molecule has 1 unspecified atom stereocenters. The first-order valence-corrected chi connectivity index (χ1v) is 11.9. The molecule has 0 aromatic heterocycles. The highest BCUT2D eigenvalue weighted by Gasteiger charge is 2.30. The molecular formula is C26H32O10. The van der Waals surface area contributed by atoms with Gasteiger partial charge in [-0.15, -0.1) is 0 Å². The molecule has 0 spiro atoms. The molecule has 2 rings (SSSR count). The molecule has 1 aromatic rings. The van der Waals surface area contributed by atoms with E-state index in [1.807, 2.05) is 0 Å². The van der Waals surface area contributed by atoms with Crippen molar-refractivity contribution in [1.82, 2.24) is 0 Å². The van der Waals surface area contributed by atoms with E-state index in [-0.39, 0.29) is 43.9 Å². The summed E-state index contributed by atoms with van der Waals surface area (Å²) in [6.07, 6.45) is 2.48. The Balaban J connectivity index is 1.61. The fourth-order valence-corrected chi connectivity index (χ4v) is 3.62. The summed E-state index contributed by atoms with van der Waals surface area (Å²) >= 11 is 0. The predicted octanol–water partition coefficient (Wildman–Crippen LogP) is 3.01. The van der Waals surface area contributed by atoms with Gasteiger partial charge in [0.1, 0.15) is 18.5 Å². The monoisotopic (exact) mass is 504 g/mol. The van der Waals surface area contributed by atoms with Crippen molar-refractivity contribution in [2.45, 2.75) is 58.0 Å². The van der Waals surface area contributed by atoms with E-state index < -0.39 is 30.0 Å². The molecular weight excluding hydrogens is 472 g/mol. The average molecular weight is 505 g/mol. The minimum atomic E-state index is -0.819. The van der Waals surface area contributed by atoms with E-state index in [1.165, 1.54) is 0 Å². The van der Waals surface area contributed by atoms with Crippen molar-refractivity contribution in [3.8, 4) is 5.75 Å². The van der Waals surface area contributed by atoms with Crippen molar-refractivity contribution in [3.05, 3.63) is 42.5 Å². The number of benzene rings is 1. The van der Waals surface area contributed by atoms with Crippen molar-refractivity contribution >= 4 is 29.8 Å². The van der Waals surface area contributed by atoms with Gasteiger partial charge in [-0.05, 0) is 50.3 Å². The third-order valence-electron chi connectivity index (χ3n) is 5.70. The fourth-order valence-electron chi connectivity index (χ4n) is 3.62. The van der Waals surface area contributed by atoms with Gasteiger partial charge in [0.2, 0.25) is 0 Å². The highest BCUT2D eigenvalue weighted by Crippen LogP contribution is 2.30. The number of carbonyl (C=O) groups excluding carboxylic acids is 4. The lowest BCUT2D eigenvalue weighted by molar-refractivity contribution is -0.156. The van der Waals surface area contributed by atoms with Crippen LogP contribution in [0, 0.1) is 11.8 Å². The molecule has 10 heteroatoms. The molecule has 1 atom stereocenters. The molecule has 1 saturated carbocycles. The number of esters is 4. The Morgan fingerprint density at radius 3 is 2.14 bits per heavy atom. The molecule has 10 nitrogen and oxygen atoms in total. The van der Waals surface area contributed by atoms with Gasteiger partial charge in [-0.2, -0.15) is 0 Å². The van der Waals surface area contributed by atoms with Gasteiger partial charge in [0, 0.05) is 12.5 Å². The zero-order chi connectivity index (χ0) is 26.5. The second-order valence-electron chi connectivity index (χ2n) is 8.56. The van der Waals surface area contributed by atoms with Crippen molar-refractivity contribution in [3.63, 3.8) is 0 Å². The topological polar surface area (TPSA) is 142 Å². The molecule has 1 aliphatic rings. The highest BCUT2D eigenvalue weighted by molar-refractivity contribution is 5.81. The van der Waals surface area contributed by atoms with Crippen LogP contribution in [0.1, 0.15) is 51.0 Å². The van der Waals surface area contributed by atoms with Crippen LogP contribution in [0.3, 0.4) is 0 Å². The van der Waals surface area contributed by atoms with Crippen molar-refractivity contribution in [2.75, 3.05) is 13.2 Å². The number of aliphatic carboxylic acids is 1. The van der Waals surface area contributed by atoms with Gasteiger partial charge in [-0.1, -0.05) is 18.7 Å². The molecule has 0 bridgehead atoms. The molecule has 1 fully saturated rings. The molecule has 36 heavy (non-hydrogen) atoms. The molecule has 0 radical (unpaired) electrons. The quantitative estimate of drug-likeness (QED) is 0.184. The SMILES string of the molecule is C=CC(=O)OC(C)COC(=O)CCC(=O)OCCc1ccc(OC(=O)[C@H]2CC[C@H](C(=O)O)CC2)cc1. The maximum atomic E-state index is 12.3. The van der Waals surface area contributed by atoms with Crippen molar-refractivity contribution in [2.24, 2.45) is 11.8 Å². The summed E-state index contributed by atoms with van der Waals surface area (Å²) in [5, 5.41) is 9.05. The van der Waals surface area contributed by atoms with Gasteiger partial charge in [-0.25, -0.2) is 4.79 Å². The molecule has 0 aliphatic heterocycles. The summed E-state index contributed by atoms with van der Waals surface area (Å²) in [6.45, 7) is 4.83. The number of carbonyl (C=O) groups is 5. The summed E-state index contributed by atoms with van der Waals surface area (Å²) in [5.41, 5.74) is 0.868. The number of hydrogen-bond acceptors (Lipinski definition) is 9. The lowest BCUT2D eigenvalue weighted by Gasteiger charge is -2.24. The van der Waals surface area contributed by atoms with Crippen LogP contribution in [-0.4, -0.2) is 54.3 Å². The third-order valence-corrected chi connectivity index (χ3v) is 5.70. The van der Waals surface area contributed by atoms with Crippen molar-refractivity contribution in [1.29, 1.82) is 0 Å². The number of rotatable bonds is 13. The molecule has 0 heterocycles. The Bertz CT molecular complexity index is 929. The molecule has 1 aromatic carbocycles. The lowest BCUT2D eigenvalue weighted by Crippen LogP contribution is -2.28. The largest absolute Gasteiger partial charge is 0.481 e. The lowest BCUT2D eigenvalue weighted by atomic mass is 9.82. The van der Waals surface area contributed by atoms with Crippen LogP contribution in [0.15, 0.2) is 36.9 Å². The number of ether oxygens (including phenoxy) is 4. The van der Waals surface area contributed by atoms with Crippen LogP contribution in [0.2, 0.25) is 0 Å². The zero-order valence-corrected chi connectivity index (χ0v) is 20.3. The summed E-state index contributed by atoms with van der Waals surface area (Å²) in [4.78, 5) is 58.0. The minimum absolute atomic E-state index is 0.119. The number of carboxylic acid groups (broad SMARTS) is 1. The predicted molar refractivity (Wildman–Crippen MR) is 126 cm³/mol. The van der Waals surface area contributed by atoms with Gasteiger partial charge in [0.05, 0.1) is 31.3 Å². The van der Waals surface area contributed by atoms with E-state index >= 15 is 0 Å². The normalized spacial score (nSPS) is 17.8. The summed E-state index contributed by atoms with van der Waals surface area (Å²) in [5.74, 6) is -3.22. The Morgan fingerprint density at radius 2 is 1.56 bits per heavy atom. The van der Waals surface area contributed by atoms with E-state index in [0.29, 0.717) is 37.9 Å². The standard InChI is InChI=1S/C26H32O10/c1-3-22(27)35-17(2)16-34-24(29)13-12-23(28)33-15-14-18-4-10-21(11-5-18)36-26(32)20-8-6-19(7-9-20)25(30)31/h3-5,10-11,17,19-20H,1,6-9,12-16H2,2H3,(H,30,31)/t17?,19-,20-. The van der Waals surface area contributed by atoms with Gasteiger partial charge < -0.3 is 24.1 Å². The number of carboxylic acids is 1. The first kappa shape index (κ1) is 28.5. The third kappa shape index (κ3) is 10.3. The van der Waals surface area contributed by atoms with E-state index in [2.05, 4.69) is 6.58 Å². The second kappa shape index (κ2) is 14.7. The first-order valence-electron chi connectivity index (χ1n) is 11.9.